The van der Waals surface area contributed by atoms with Gasteiger partial charge in [0.05, 0.1) is 6.04 Å². The highest BCUT2D eigenvalue weighted by Crippen LogP contribution is 2.20. The summed E-state index contributed by atoms with van der Waals surface area (Å²) in [4.78, 5) is 4.46. The normalized spacial score (nSPS) is 12.2. The summed E-state index contributed by atoms with van der Waals surface area (Å²) in [5, 5.41) is 3.43. The first kappa shape index (κ1) is 11.6. The minimum Gasteiger partial charge on any atom is -0.364 e. The predicted octanol–water partition coefficient (Wildman–Crippen LogP) is 3.87. The summed E-state index contributed by atoms with van der Waals surface area (Å²) >= 11 is 0. The highest BCUT2D eigenvalue weighted by molar-refractivity contribution is 5.40. The molecule has 0 aliphatic carbocycles. The van der Waals surface area contributed by atoms with Crippen LogP contribution in [0.1, 0.15) is 29.8 Å². The van der Waals surface area contributed by atoms with E-state index < -0.39 is 0 Å². The summed E-state index contributed by atoms with van der Waals surface area (Å²) in [7, 11) is 0. The van der Waals surface area contributed by atoms with E-state index in [1.54, 1.807) is 0 Å². The molecule has 2 nitrogen and oxygen atoms in total. The van der Waals surface area contributed by atoms with E-state index in [9.17, 15) is 0 Å². The van der Waals surface area contributed by atoms with Crippen molar-refractivity contribution >= 4 is 5.82 Å². The lowest BCUT2D eigenvalue weighted by molar-refractivity contribution is 0.863. The van der Waals surface area contributed by atoms with Crippen LogP contribution < -0.4 is 5.32 Å². The molecular weight excluding hydrogens is 208 g/mol. The van der Waals surface area contributed by atoms with Crippen molar-refractivity contribution in [3.63, 3.8) is 0 Å². The number of anilines is 1. The highest BCUT2D eigenvalue weighted by Gasteiger charge is 2.07. The zero-order valence-electron chi connectivity index (χ0n) is 10.6. The third kappa shape index (κ3) is 2.84. The summed E-state index contributed by atoms with van der Waals surface area (Å²) in [6.45, 7) is 6.30. The van der Waals surface area contributed by atoms with Gasteiger partial charge < -0.3 is 5.32 Å². The van der Waals surface area contributed by atoms with Crippen molar-refractivity contribution in [2.45, 2.75) is 26.8 Å². The molecule has 1 aromatic carbocycles. The summed E-state index contributed by atoms with van der Waals surface area (Å²) in [5.41, 5.74) is 3.66. The average Bonchev–Trinajstić information content (AvgIpc) is 2.29. The van der Waals surface area contributed by atoms with Crippen LogP contribution in [-0.2, 0) is 0 Å². The number of hydrogen-bond acceptors (Lipinski definition) is 2. The van der Waals surface area contributed by atoms with E-state index in [0.29, 0.717) is 0 Å². The Morgan fingerprint density at radius 3 is 2.47 bits per heavy atom. The molecule has 0 radical (unpaired) electrons. The lowest BCUT2D eigenvalue weighted by atomic mass is 10.0. The quantitative estimate of drug-likeness (QED) is 0.859. The van der Waals surface area contributed by atoms with Gasteiger partial charge >= 0.3 is 0 Å². The number of aryl methyl sites for hydroxylation is 2. The second kappa shape index (κ2) is 5.00. The number of hydrogen-bond donors (Lipinski definition) is 1. The molecule has 1 atom stereocenters. The maximum absolute atomic E-state index is 4.46. The molecule has 0 amide bonds. The number of nitrogens with one attached hydrogen (secondary N) is 1. The van der Waals surface area contributed by atoms with E-state index in [0.717, 1.165) is 11.5 Å². The van der Waals surface area contributed by atoms with Crippen molar-refractivity contribution in [2.24, 2.45) is 0 Å². The monoisotopic (exact) mass is 226 g/mol. The SMILES string of the molecule is Cc1cccc(NC(C)c2ccccc2C)n1. The summed E-state index contributed by atoms with van der Waals surface area (Å²) < 4.78 is 0. The van der Waals surface area contributed by atoms with Gasteiger partial charge in [0.1, 0.15) is 5.82 Å². The van der Waals surface area contributed by atoms with Gasteiger partial charge in [-0.3, -0.25) is 0 Å². The third-order valence-electron chi connectivity index (χ3n) is 2.91. The molecule has 1 unspecified atom stereocenters. The fraction of sp³-hybridized carbons (Fsp3) is 0.267. The Kier molecular flexibility index (Phi) is 3.43. The molecule has 1 aromatic heterocycles. The predicted molar refractivity (Wildman–Crippen MR) is 72.2 cm³/mol. The minimum atomic E-state index is 0.269. The standard InChI is InChI=1S/C15H18N2/c1-11-7-4-5-9-14(11)13(3)17-15-10-6-8-12(2)16-15/h4-10,13H,1-3H3,(H,16,17). The zero-order chi connectivity index (χ0) is 12.3. The summed E-state index contributed by atoms with van der Waals surface area (Å²) in [6.07, 6.45) is 0. The van der Waals surface area contributed by atoms with E-state index >= 15 is 0 Å². The number of aromatic nitrogens is 1. The van der Waals surface area contributed by atoms with Crippen molar-refractivity contribution in [3.8, 4) is 0 Å². The Morgan fingerprint density at radius 1 is 1.00 bits per heavy atom. The van der Waals surface area contributed by atoms with Crippen LogP contribution in [0.25, 0.3) is 0 Å². The van der Waals surface area contributed by atoms with Crippen LogP contribution in [0.5, 0.6) is 0 Å². The Hall–Kier alpha value is -1.83. The Labute approximate surface area is 103 Å². The van der Waals surface area contributed by atoms with Crippen LogP contribution in [0, 0.1) is 13.8 Å². The molecule has 0 saturated heterocycles. The Morgan fingerprint density at radius 2 is 1.76 bits per heavy atom. The molecule has 0 fully saturated rings. The van der Waals surface area contributed by atoms with Gasteiger partial charge in [-0.1, -0.05) is 30.3 Å². The van der Waals surface area contributed by atoms with Gasteiger partial charge in [-0.2, -0.15) is 0 Å². The first-order valence-electron chi connectivity index (χ1n) is 5.92. The van der Waals surface area contributed by atoms with Crippen molar-refractivity contribution in [1.82, 2.24) is 4.98 Å². The molecule has 2 heteroatoms. The van der Waals surface area contributed by atoms with E-state index in [4.69, 9.17) is 0 Å². The van der Waals surface area contributed by atoms with E-state index in [1.165, 1.54) is 11.1 Å². The van der Waals surface area contributed by atoms with E-state index in [1.807, 2.05) is 25.1 Å². The van der Waals surface area contributed by atoms with Crippen LogP contribution in [-0.4, -0.2) is 4.98 Å². The molecule has 17 heavy (non-hydrogen) atoms. The van der Waals surface area contributed by atoms with Crippen molar-refractivity contribution in [2.75, 3.05) is 5.32 Å². The summed E-state index contributed by atoms with van der Waals surface area (Å²) in [6, 6.07) is 14.7. The molecule has 0 saturated carbocycles. The third-order valence-corrected chi connectivity index (χ3v) is 2.91. The van der Waals surface area contributed by atoms with E-state index in [-0.39, 0.29) is 6.04 Å². The van der Waals surface area contributed by atoms with E-state index in [2.05, 4.69) is 48.4 Å². The molecule has 0 spiro atoms. The first-order chi connectivity index (χ1) is 8.16. The Balaban J connectivity index is 2.17. The number of benzene rings is 1. The first-order valence-corrected chi connectivity index (χ1v) is 5.92. The fourth-order valence-electron chi connectivity index (χ4n) is 2.00. The lowest BCUT2D eigenvalue weighted by Gasteiger charge is -2.17. The molecule has 2 rings (SSSR count). The van der Waals surface area contributed by atoms with Gasteiger partial charge in [-0.15, -0.1) is 0 Å². The van der Waals surface area contributed by atoms with Crippen LogP contribution in [0.15, 0.2) is 42.5 Å². The molecule has 2 aromatic rings. The van der Waals surface area contributed by atoms with Gasteiger partial charge in [0, 0.05) is 5.69 Å². The van der Waals surface area contributed by atoms with Crippen LogP contribution >= 0.6 is 0 Å². The number of rotatable bonds is 3. The number of pyridine rings is 1. The van der Waals surface area contributed by atoms with Gasteiger partial charge in [0.15, 0.2) is 0 Å². The van der Waals surface area contributed by atoms with Gasteiger partial charge in [-0.05, 0) is 44.0 Å². The molecule has 1 heterocycles. The number of nitrogens with zero attached hydrogens (tertiary/aromatic N) is 1. The summed E-state index contributed by atoms with van der Waals surface area (Å²) in [5.74, 6) is 0.931. The van der Waals surface area contributed by atoms with Crippen molar-refractivity contribution < 1.29 is 0 Å². The van der Waals surface area contributed by atoms with Crippen molar-refractivity contribution in [1.29, 1.82) is 0 Å². The van der Waals surface area contributed by atoms with Gasteiger partial charge in [0.2, 0.25) is 0 Å². The molecule has 1 N–H and O–H groups in total. The second-order valence-corrected chi connectivity index (χ2v) is 4.39. The van der Waals surface area contributed by atoms with Gasteiger partial charge in [0.25, 0.3) is 0 Å². The second-order valence-electron chi connectivity index (χ2n) is 4.39. The van der Waals surface area contributed by atoms with Gasteiger partial charge in [-0.25, -0.2) is 4.98 Å². The zero-order valence-corrected chi connectivity index (χ0v) is 10.6. The molecule has 0 aliphatic rings. The molecule has 0 aliphatic heterocycles. The largest absolute Gasteiger partial charge is 0.364 e. The molecule has 0 bridgehead atoms. The smallest absolute Gasteiger partial charge is 0.126 e. The van der Waals surface area contributed by atoms with Crippen molar-refractivity contribution in [3.05, 3.63) is 59.3 Å². The average molecular weight is 226 g/mol. The fourth-order valence-corrected chi connectivity index (χ4v) is 2.00. The van der Waals surface area contributed by atoms with Crippen LogP contribution in [0.3, 0.4) is 0 Å². The minimum absolute atomic E-state index is 0.269. The molecular formula is C15H18N2. The van der Waals surface area contributed by atoms with Crippen LogP contribution in [0.4, 0.5) is 5.82 Å². The maximum atomic E-state index is 4.46. The molecule has 88 valence electrons. The maximum Gasteiger partial charge on any atom is 0.126 e. The topological polar surface area (TPSA) is 24.9 Å². The van der Waals surface area contributed by atoms with Crippen LogP contribution in [0.2, 0.25) is 0 Å². The Bertz CT molecular complexity index is 506. The highest BCUT2D eigenvalue weighted by atomic mass is 15.0. The lowest BCUT2D eigenvalue weighted by Crippen LogP contribution is -2.09.